The van der Waals surface area contributed by atoms with Gasteiger partial charge in [0, 0.05) is 19.5 Å². The standard InChI is InChI=1S/C4H9.Rh/c1-3-4-2;/h1,3-4H2,2H3;. The molecule has 0 saturated carbocycles. The summed E-state index contributed by atoms with van der Waals surface area (Å²) in [6, 6.07) is 0. The first-order chi connectivity index (χ1) is 1.91. The van der Waals surface area contributed by atoms with E-state index in [0.717, 1.165) is 6.42 Å². The maximum absolute atomic E-state index is 3.60. The molecule has 0 aliphatic heterocycles. The van der Waals surface area contributed by atoms with Crippen LogP contribution in [0.15, 0.2) is 0 Å². The quantitative estimate of drug-likeness (QED) is 0.511. The molecule has 5 heavy (non-hydrogen) atoms. The first-order valence-corrected chi connectivity index (χ1v) is 1.71. The average Bonchev–Trinajstić information content (AvgIpc) is 1.37. The van der Waals surface area contributed by atoms with Crippen molar-refractivity contribution in [1.29, 1.82) is 0 Å². The summed E-state index contributed by atoms with van der Waals surface area (Å²) in [4.78, 5) is 0. The average molecular weight is 160 g/mol. The third kappa shape index (κ3) is 12.1. The van der Waals surface area contributed by atoms with Gasteiger partial charge in [0.2, 0.25) is 0 Å². The molecule has 0 aromatic carbocycles. The van der Waals surface area contributed by atoms with E-state index in [1.165, 1.54) is 6.42 Å². The normalized spacial score (nSPS) is 6.00. The second-order valence-corrected chi connectivity index (χ2v) is 0.854. The minimum Gasteiger partial charge on any atom is -0.0654 e. The Morgan fingerprint density at radius 1 is 1.60 bits per heavy atom. The van der Waals surface area contributed by atoms with Crippen LogP contribution in [0.2, 0.25) is 0 Å². The van der Waals surface area contributed by atoms with Gasteiger partial charge in [-0.25, -0.2) is 0 Å². The maximum atomic E-state index is 3.60. The van der Waals surface area contributed by atoms with Crippen molar-refractivity contribution in [2.24, 2.45) is 0 Å². The molecule has 1 heteroatoms. The van der Waals surface area contributed by atoms with Crippen LogP contribution in [0.3, 0.4) is 0 Å². The van der Waals surface area contributed by atoms with Crippen molar-refractivity contribution >= 4 is 0 Å². The Labute approximate surface area is 46.7 Å². The molecule has 0 nitrogen and oxygen atoms in total. The van der Waals surface area contributed by atoms with Gasteiger partial charge in [-0.3, -0.25) is 0 Å². The zero-order chi connectivity index (χ0) is 3.41. The van der Waals surface area contributed by atoms with Gasteiger partial charge in [0.15, 0.2) is 0 Å². The fourth-order valence-corrected chi connectivity index (χ4v) is 0. The van der Waals surface area contributed by atoms with Crippen LogP contribution in [-0.2, 0) is 19.5 Å². The topological polar surface area (TPSA) is 0 Å². The molecule has 0 atom stereocenters. The van der Waals surface area contributed by atoms with Crippen LogP contribution in [-0.4, -0.2) is 0 Å². The molecular weight excluding hydrogens is 151 g/mol. The molecule has 0 amide bonds. The van der Waals surface area contributed by atoms with Gasteiger partial charge >= 0.3 is 0 Å². The number of hydrogen-bond donors (Lipinski definition) is 0. The van der Waals surface area contributed by atoms with Crippen LogP contribution < -0.4 is 0 Å². The number of unbranched alkanes of at least 4 members (excludes halogenated alkanes) is 1. The Morgan fingerprint density at radius 2 is 1.80 bits per heavy atom. The minimum atomic E-state index is 0. The van der Waals surface area contributed by atoms with E-state index in [1.807, 2.05) is 0 Å². The molecule has 0 aliphatic rings. The Bertz CT molecular complexity index is 5.61. The third-order valence-corrected chi connectivity index (χ3v) is 0.354. The molecule has 0 spiro atoms. The van der Waals surface area contributed by atoms with E-state index in [-0.39, 0.29) is 19.5 Å². The molecule has 0 fully saturated rings. The molecule has 2 radical (unpaired) electrons. The minimum absolute atomic E-state index is 0. The fourth-order valence-electron chi connectivity index (χ4n) is 0. The van der Waals surface area contributed by atoms with Crippen LogP contribution in [0.4, 0.5) is 0 Å². The summed E-state index contributed by atoms with van der Waals surface area (Å²) in [7, 11) is 0. The van der Waals surface area contributed by atoms with E-state index in [0.29, 0.717) is 0 Å². The van der Waals surface area contributed by atoms with Crippen molar-refractivity contribution in [3.8, 4) is 0 Å². The van der Waals surface area contributed by atoms with Crippen LogP contribution >= 0.6 is 0 Å². The van der Waals surface area contributed by atoms with Gasteiger partial charge in [0.05, 0.1) is 0 Å². The molecule has 0 heterocycles. The molecule has 0 aromatic rings. The summed E-state index contributed by atoms with van der Waals surface area (Å²) < 4.78 is 0. The monoisotopic (exact) mass is 160 g/mol. The molecule has 0 N–H and O–H groups in total. The summed E-state index contributed by atoms with van der Waals surface area (Å²) in [5.74, 6) is 0. The molecule has 0 saturated heterocycles. The maximum Gasteiger partial charge on any atom is 0 e. The van der Waals surface area contributed by atoms with Crippen LogP contribution in [0, 0.1) is 6.92 Å². The van der Waals surface area contributed by atoms with Crippen LogP contribution in [0.25, 0.3) is 0 Å². The first kappa shape index (κ1) is 9.16. The molecule has 0 bridgehead atoms. The van der Waals surface area contributed by atoms with Crippen molar-refractivity contribution in [3.05, 3.63) is 6.92 Å². The van der Waals surface area contributed by atoms with E-state index in [9.17, 15) is 0 Å². The van der Waals surface area contributed by atoms with Crippen molar-refractivity contribution in [1.82, 2.24) is 0 Å². The number of hydrogen-bond acceptors (Lipinski definition) is 0. The zero-order valence-corrected chi connectivity index (χ0v) is 5.09. The summed E-state index contributed by atoms with van der Waals surface area (Å²) in [5, 5.41) is 0. The Balaban J connectivity index is 0. The van der Waals surface area contributed by atoms with Crippen molar-refractivity contribution in [2.45, 2.75) is 19.8 Å². The van der Waals surface area contributed by atoms with Crippen LogP contribution in [0.1, 0.15) is 19.8 Å². The second-order valence-electron chi connectivity index (χ2n) is 0.854. The number of rotatable bonds is 1. The summed E-state index contributed by atoms with van der Waals surface area (Å²) in [6.07, 6.45) is 2.28. The van der Waals surface area contributed by atoms with Crippen molar-refractivity contribution in [3.63, 3.8) is 0 Å². The Hall–Kier alpha value is 0.623. The van der Waals surface area contributed by atoms with E-state index < -0.39 is 0 Å². The van der Waals surface area contributed by atoms with Crippen molar-refractivity contribution < 1.29 is 19.5 Å². The summed E-state index contributed by atoms with van der Waals surface area (Å²) in [6.45, 7) is 5.72. The molecule has 0 aromatic heterocycles. The Morgan fingerprint density at radius 3 is 1.80 bits per heavy atom. The summed E-state index contributed by atoms with van der Waals surface area (Å²) in [5.41, 5.74) is 0. The van der Waals surface area contributed by atoms with Gasteiger partial charge in [-0.05, 0) is 0 Å². The fraction of sp³-hybridized carbons (Fsp3) is 0.750. The van der Waals surface area contributed by atoms with Crippen LogP contribution in [0.5, 0.6) is 0 Å². The van der Waals surface area contributed by atoms with Gasteiger partial charge in [0.25, 0.3) is 0 Å². The molecule has 0 unspecified atom stereocenters. The molecule has 34 valence electrons. The van der Waals surface area contributed by atoms with Gasteiger partial charge in [-0.2, -0.15) is 0 Å². The predicted molar refractivity (Wildman–Crippen MR) is 20.3 cm³/mol. The van der Waals surface area contributed by atoms with E-state index in [4.69, 9.17) is 0 Å². The predicted octanol–water partition coefficient (Wildman–Crippen LogP) is 1.62. The Kier molecular flexibility index (Phi) is 16.2. The molecular formula is C4H9Rh. The van der Waals surface area contributed by atoms with Gasteiger partial charge in [0.1, 0.15) is 0 Å². The van der Waals surface area contributed by atoms with Crippen molar-refractivity contribution in [2.75, 3.05) is 0 Å². The molecule has 0 aliphatic carbocycles. The zero-order valence-electron chi connectivity index (χ0n) is 3.45. The van der Waals surface area contributed by atoms with Gasteiger partial charge < -0.3 is 0 Å². The van der Waals surface area contributed by atoms with E-state index in [2.05, 4.69) is 13.8 Å². The van der Waals surface area contributed by atoms with E-state index in [1.54, 1.807) is 0 Å². The molecule has 0 rings (SSSR count). The summed E-state index contributed by atoms with van der Waals surface area (Å²) >= 11 is 0. The van der Waals surface area contributed by atoms with Gasteiger partial charge in [-0.15, -0.1) is 0 Å². The largest absolute Gasteiger partial charge is 0.0654 e. The van der Waals surface area contributed by atoms with Gasteiger partial charge in [-0.1, -0.05) is 26.7 Å². The second kappa shape index (κ2) is 8.82. The third-order valence-electron chi connectivity index (χ3n) is 0.354. The smallest absolute Gasteiger partial charge is 0 e. The van der Waals surface area contributed by atoms with E-state index >= 15 is 0 Å². The SMILES string of the molecule is [CH2]CCC.[Rh]. The first-order valence-electron chi connectivity index (χ1n) is 1.71.